The van der Waals surface area contributed by atoms with Crippen molar-refractivity contribution in [3.05, 3.63) is 90.6 Å². The Bertz CT molecular complexity index is 1390. The van der Waals surface area contributed by atoms with Crippen LogP contribution in [0.3, 0.4) is 0 Å². The molecule has 7 nitrogen and oxygen atoms in total. The summed E-state index contributed by atoms with van der Waals surface area (Å²) in [5, 5.41) is 10.4. The minimum atomic E-state index is 0.393. The van der Waals surface area contributed by atoms with Crippen molar-refractivity contribution in [3.63, 3.8) is 0 Å². The highest BCUT2D eigenvalue weighted by atomic mass is 15.5. The summed E-state index contributed by atoms with van der Waals surface area (Å²) < 4.78 is 0. The van der Waals surface area contributed by atoms with E-state index in [2.05, 4.69) is 108 Å². The second-order valence-electron chi connectivity index (χ2n) is 13.2. The number of nitrogens with one attached hydrogen (secondary N) is 1. The van der Waals surface area contributed by atoms with Gasteiger partial charge in [-0.25, -0.2) is 0 Å². The number of hydrogen-bond donors (Lipinski definition) is 2. The van der Waals surface area contributed by atoms with Crippen LogP contribution in [0.1, 0.15) is 58.4 Å². The number of hydrogen-bond acceptors (Lipinski definition) is 6. The van der Waals surface area contributed by atoms with Crippen LogP contribution < -0.4 is 25.8 Å². The molecule has 1 saturated carbocycles. The van der Waals surface area contributed by atoms with Gasteiger partial charge in [-0.1, -0.05) is 32.6 Å². The first-order valence-electron chi connectivity index (χ1n) is 16.7. The van der Waals surface area contributed by atoms with Crippen molar-refractivity contribution in [2.75, 3.05) is 65.5 Å². The zero-order valence-electron chi connectivity index (χ0n) is 28.0. The normalized spacial score (nSPS) is 20.8. The summed E-state index contributed by atoms with van der Waals surface area (Å²) >= 11 is 0. The van der Waals surface area contributed by atoms with E-state index in [1.165, 1.54) is 35.5 Å². The molecule has 0 amide bonds. The van der Waals surface area contributed by atoms with Gasteiger partial charge in [-0.3, -0.25) is 5.01 Å². The number of allylic oxidation sites excluding steroid dienone is 1. The number of nitrogens with two attached hydrogens (primary N) is 1. The molecule has 0 radical (unpaired) electrons. The van der Waals surface area contributed by atoms with Gasteiger partial charge >= 0.3 is 0 Å². The molecule has 7 heteroatoms. The number of nitrogen functional groups attached to an aromatic ring is 1. The van der Waals surface area contributed by atoms with Crippen molar-refractivity contribution in [3.8, 4) is 0 Å². The van der Waals surface area contributed by atoms with Crippen molar-refractivity contribution >= 4 is 34.8 Å². The zero-order valence-corrected chi connectivity index (χ0v) is 28.0. The molecule has 1 saturated heterocycles. The molecular formula is C38H53N7. The average molecular weight is 608 g/mol. The number of anilines is 5. The van der Waals surface area contributed by atoms with Crippen LogP contribution in [0.5, 0.6) is 0 Å². The van der Waals surface area contributed by atoms with E-state index in [-0.39, 0.29) is 0 Å². The maximum absolute atomic E-state index is 5.91. The number of rotatable bonds is 12. The van der Waals surface area contributed by atoms with E-state index < -0.39 is 0 Å². The Morgan fingerprint density at radius 2 is 1.53 bits per heavy atom. The smallest absolute Gasteiger partial charge is 0.120 e. The summed E-state index contributed by atoms with van der Waals surface area (Å²) in [4.78, 5) is 7.02. The zero-order chi connectivity index (χ0) is 31.9. The van der Waals surface area contributed by atoms with Crippen molar-refractivity contribution < 1.29 is 0 Å². The van der Waals surface area contributed by atoms with Crippen LogP contribution in [0.2, 0.25) is 0 Å². The lowest BCUT2D eigenvalue weighted by Crippen LogP contribution is -2.46. The Hall–Kier alpha value is -4.13. The third-order valence-corrected chi connectivity index (χ3v) is 9.93. The molecule has 3 aromatic carbocycles. The van der Waals surface area contributed by atoms with E-state index >= 15 is 0 Å². The number of piperazine rings is 1. The second-order valence-corrected chi connectivity index (χ2v) is 13.2. The molecule has 0 spiro atoms. The van der Waals surface area contributed by atoms with E-state index in [0.29, 0.717) is 23.8 Å². The van der Waals surface area contributed by atoms with Crippen molar-refractivity contribution in [1.29, 1.82) is 0 Å². The molecular weight excluding hydrogens is 554 g/mol. The summed E-state index contributed by atoms with van der Waals surface area (Å²) in [6.07, 6.45) is 5.43. The second kappa shape index (κ2) is 14.8. The lowest BCUT2D eigenvalue weighted by molar-refractivity contribution is 0.265. The van der Waals surface area contributed by atoms with Crippen LogP contribution in [0.15, 0.2) is 90.2 Å². The highest BCUT2D eigenvalue weighted by Gasteiger charge is 2.32. The van der Waals surface area contributed by atoms with E-state index in [4.69, 9.17) is 5.73 Å². The first-order valence-corrected chi connectivity index (χ1v) is 16.7. The molecule has 0 bridgehead atoms. The van der Waals surface area contributed by atoms with Crippen molar-refractivity contribution in [2.24, 2.45) is 16.9 Å². The van der Waals surface area contributed by atoms with Gasteiger partial charge in [0, 0.05) is 79.9 Å². The maximum atomic E-state index is 5.91. The van der Waals surface area contributed by atoms with Gasteiger partial charge in [-0.15, -0.1) is 0 Å². The topological polar surface area (TPSA) is 63.4 Å². The average Bonchev–Trinajstić information content (AvgIpc) is 3.44. The Morgan fingerprint density at radius 1 is 0.956 bits per heavy atom. The third-order valence-electron chi connectivity index (χ3n) is 9.93. The fraction of sp³-hybridized carbons (Fsp3) is 0.447. The minimum Gasteiger partial charge on any atom is -0.399 e. The van der Waals surface area contributed by atoms with Gasteiger partial charge in [0.1, 0.15) is 6.34 Å². The van der Waals surface area contributed by atoms with Crippen LogP contribution in [0, 0.1) is 11.8 Å². The molecule has 2 fully saturated rings. The van der Waals surface area contributed by atoms with Gasteiger partial charge in [0.15, 0.2) is 0 Å². The summed E-state index contributed by atoms with van der Waals surface area (Å²) in [6.45, 7) is 18.0. The SMILES string of the molecule is C=C(C)N(/C=N\N(C)C(C)CC)c1ccc(N2CCN(c3ccc(NC[C@@H]4CC(C)C(c5ccc(N)cc5)C4)cc3)CC2)cc1. The van der Waals surface area contributed by atoms with E-state index in [1.54, 1.807) is 0 Å². The summed E-state index contributed by atoms with van der Waals surface area (Å²) in [5.41, 5.74) is 14.0. The van der Waals surface area contributed by atoms with Gasteiger partial charge < -0.3 is 25.8 Å². The minimum absolute atomic E-state index is 0.393. The summed E-state index contributed by atoms with van der Waals surface area (Å²) in [7, 11) is 2.02. The van der Waals surface area contributed by atoms with Crippen molar-refractivity contribution in [1.82, 2.24) is 5.01 Å². The van der Waals surface area contributed by atoms with Gasteiger partial charge in [0.05, 0.1) is 0 Å². The predicted octanol–water partition coefficient (Wildman–Crippen LogP) is 7.85. The largest absolute Gasteiger partial charge is 0.399 e. The highest BCUT2D eigenvalue weighted by Crippen LogP contribution is 2.43. The van der Waals surface area contributed by atoms with Gasteiger partial charge in [0.25, 0.3) is 0 Å². The first-order chi connectivity index (χ1) is 21.7. The molecule has 3 unspecified atom stereocenters. The predicted molar refractivity (Wildman–Crippen MR) is 195 cm³/mol. The summed E-state index contributed by atoms with van der Waals surface area (Å²) in [5.74, 6) is 2.02. The molecule has 1 aliphatic heterocycles. The molecule has 240 valence electrons. The fourth-order valence-electron chi connectivity index (χ4n) is 6.75. The highest BCUT2D eigenvalue weighted by molar-refractivity contribution is 5.83. The Labute approximate surface area is 271 Å². The monoisotopic (exact) mass is 607 g/mol. The fourth-order valence-corrected chi connectivity index (χ4v) is 6.75. The first kappa shape index (κ1) is 32.3. The molecule has 5 rings (SSSR count). The van der Waals surface area contributed by atoms with E-state index in [1.807, 2.05) is 42.4 Å². The van der Waals surface area contributed by atoms with Crippen LogP contribution in [0.25, 0.3) is 0 Å². The lowest BCUT2D eigenvalue weighted by Gasteiger charge is -2.37. The Balaban J connectivity index is 1.09. The van der Waals surface area contributed by atoms with Crippen molar-refractivity contribution in [2.45, 2.75) is 58.9 Å². The van der Waals surface area contributed by atoms with Gasteiger partial charge in [0.2, 0.25) is 0 Å². The number of nitrogens with zero attached hydrogens (tertiary/aromatic N) is 5. The van der Waals surface area contributed by atoms with E-state index in [0.717, 1.165) is 56.2 Å². The maximum Gasteiger partial charge on any atom is 0.120 e. The quantitative estimate of drug-likeness (QED) is 0.0946. The molecule has 3 aromatic rings. The van der Waals surface area contributed by atoms with Crippen LogP contribution >= 0.6 is 0 Å². The van der Waals surface area contributed by atoms with Gasteiger partial charge in [-0.2, -0.15) is 5.10 Å². The molecule has 45 heavy (non-hydrogen) atoms. The van der Waals surface area contributed by atoms with Crippen LogP contribution in [0.4, 0.5) is 28.4 Å². The standard InChI is InChI=1S/C38H53N7/c1-7-30(5)42(6)41-27-45(28(2)3)37-18-16-36(17-19-37)44-22-20-43(21-23-44)35-14-12-34(13-15-35)40-26-31-24-29(4)38(25-31)32-8-10-33(39)11-9-32/h8-19,27,29-31,38,40H,2,7,20-26,39H2,1,3-6H3/b41-27-/t29?,30?,31-,38?/m1/s1. The molecule has 0 aromatic heterocycles. The van der Waals surface area contributed by atoms with Crippen LogP contribution in [-0.4, -0.2) is 57.2 Å². The van der Waals surface area contributed by atoms with Crippen LogP contribution in [-0.2, 0) is 0 Å². The Kier molecular flexibility index (Phi) is 10.6. The summed E-state index contributed by atoms with van der Waals surface area (Å²) in [6, 6.07) is 26.7. The molecule has 1 aliphatic carbocycles. The third kappa shape index (κ3) is 8.13. The Morgan fingerprint density at radius 3 is 2.09 bits per heavy atom. The molecule has 4 atom stereocenters. The van der Waals surface area contributed by atoms with Gasteiger partial charge in [-0.05, 0) is 117 Å². The number of benzene rings is 3. The lowest BCUT2D eigenvalue weighted by atomic mass is 9.90. The molecule has 2 aliphatic rings. The molecule has 1 heterocycles. The number of hydrazone groups is 1. The molecule has 3 N–H and O–H groups in total. The van der Waals surface area contributed by atoms with E-state index in [9.17, 15) is 0 Å².